The second-order valence-electron chi connectivity index (χ2n) is 3.65. The first-order valence-electron chi connectivity index (χ1n) is 5.01. The van der Waals surface area contributed by atoms with Crippen molar-refractivity contribution in [1.29, 1.82) is 0 Å². The van der Waals surface area contributed by atoms with Gasteiger partial charge < -0.3 is 11.1 Å². The number of anilines is 3. The van der Waals surface area contributed by atoms with Gasteiger partial charge in [-0.15, -0.1) is 0 Å². The predicted molar refractivity (Wildman–Crippen MR) is 68.1 cm³/mol. The molecule has 2 rings (SSSR count). The minimum atomic E-state index is -0.505. The summed E-state index contributed by atoms with van der Waals surface area (Å²) in [5, 5.41) is 2.90. The van der Waals surface area contributed by atoms with Gasteiger partial charge in [0.2, 0.25) is 0 Å². The molecule has 1 aromatic carbocycles. The van der Waals surface area contributed by atoms with Crippen molar-refractivity contribution in [2.75, 3.05) is 11.1 Å². The van der Waals surface area contributed by atoms with Crippen LogP contribution in [0.15, 0.2) is 30.5 Å². The predicted octanol–water partition coefficient (Wildman–Crippen LogP) is 3.51. The highest BCUT2D eigenvalue weighted by Crippen LogP contribution is 2.25. The van der Waals surface area contributed by atoms with E-state index in [4.69, 9.17) is 17.3 Å². The molecule has 1 heterocycles. The van der Waals surface area contributed by atoms with Crippen LogP contribution in [0.1, 0.15) is 5.56 Å². The molecular formula is C12H11ClFN3. The van der Waals surface area contributed by atoms with Crippen LogP contribution in [0.25, 0.3) is 0 Å². The molecule has 0 atom stereocenters. The van der Waals surface area contributed by atoms with E-state index in [-0.39, 0.29) is 10.7 Å². The van der Waals surface area contributed by atoms with Crippen LogP contribution in [0, 0.1) is 12.7 Å². The van der Waals surface area contributed by atoms with Crippen molar-refractivity contribution in [2.45, 2.75) is 6.92 Å². The number of aromatic nitrogens is 1. The summed E-state index contributed by atoms with van der Waals surface area (Å²) in [6, 6.07) is 6.37. The molecule has 0 saturated heterocycles. The molecule has 0 aliphatic rings. The quantitative estimate of drug-likeness (QED) is 0.859. The standard InChI is InChI=1S/C12H11ClFN3/c1-7-6-16-11(5-9(7)15)17-10-4-2-3-8(13)12(10)14/h2-6H,1H3,(H3,15,16,17). The van der Waals surface area contributed by atoms with E-state index < -0.39 is 5.82 Å². The fraction of sp³-hybridized carbons (Fsp3) is 0.0833. The van der Waals surface area contributed by atoms with Crippen molar-refractivity contribution >= 4 is 28.8 Å². The minimum Gasteiger partial charge on any atom is -0.398 e. The Labute approximate surface area is 103 Å². The van der Waals surface area contributed by atoms with Gasteiger partial charge in [-0.3, -0.25) is 0 Å². The third-order valence-corrected chi connectivity index (χ3v) is 2.65. The molecule has 2 aromatic rings. The monoisotopic (exact) mass is 251 g/mol. The Morgan fingerprint density at radius 3 is 2.88 bits per heavy atom. The van der Waals surface area contributed by atoms with Crippen molar-refractivity contribution in [2.24, 2.45) is 0 Å². The normalized spacial score (nSPS) is 10.3. The van der Waals surface area contributed by atoms with Crippen LogP contribution in [0.4, 0.5) is 21.6 Å². The number of benzene rings is 1. The maximum Gasteiger partial charge on any atom is 0.165 e. The fourth-order valence-electron chi connectivity index (χ4n) is 1.35. The van der Waals surface area contributed by atoms with Crippen LogP contribution >= 0.6 is 11.6 Å². The second-order valence-corrected chi connectivity index (χ2v) is 4.06. The number of hydrogen-bond acceptors (Lipinski definition) is 3. The number of rotatable bonds is 2. The molecule has 0 saturated carbocycles. The van der Waals surface area contributed by atoms with Crippen molar-refractivity contribution in [3.8, 4) is 0 Å². The Morgan fingerprint density at radius 1 is 1.41 bits per heavy atom. The molecule has 3 N–H and O–H groups in total. The van der Waals surface area contributed by atoms with E-state index in [2.05, 4.69) is 10.3 Å². The van der Waals surface area contributed by atoms with Gasteiger partial charge in [0.1, 0.15) is 5.82 Å². The lowest BCUT2D eigenvalue weighted by Crippen LogP contribution is -1.99. The first-order valence-corrected chi connectivity index (χ1v) is 5.39. The van der Waals surface area contributed by atoms with Gasteiger partial charge >= 0.3 is 0 Å². The summed E-state index contributed by atoms with van der Waals surface area (Å²) < 4.78 is 13.6. The molecule has 0 bridgehead atoms. The first-order chi connectivity index (χ1) is 8.08. The lowest BCUT2D eigenvalue weighted by Gasteiger charge is -2.08. The largest absolute Gasteiger partial charge is 0.398 e. The van der Waals surface area contributed by atoms with E-state index in [1.54, 1.807) is 24.4 Å². The van der Waals surface area contributed by atoms with Crippen LogP contribution in [0.3, 0.4) is 0 Å². The number of nitrogens with two attached hydrogens (primary N) is 1. The number of halogens is 2. The average molecular weight is 252 g/mol. The minimum absolute atomic E-state index is 0.0649. The summed E-state index contributed by atoms with van der Waals surface area (Å²) in [4.78, 5) is 4.10. The average Bonchev–Trinajstić information content (AvgIpc) is 2.30. The Balaban J connectivity index is 2.31. The Kier molecular flexibility index (Phi) is 3.15. The second kappa shape index (κ2) is 4.59. The molecule has 0 aliphatic heterocycles. The summed E-state index contributed by atoms with van der Waals surface area (Å²) in [5.41, 5.74) is 7.49. The molecule has 5 heteroatoms. The number of nitrogens with one attached hydrogen (secondary N) is 1. The van der Waals surface area contributed by atoms with Crippen LogP contribution in [-0.2, 0) is 0 Å². The highest BCUT2D eigenvalue weighted by molar-refractivity contribution is 6.31. The molecule has 0 amide bonds. The van der Waals surface area contributed by atoms with Gasteiger partial charge in [-0.25, -0.2) is 9.37 Å². The zero-order valence-electron chi connectivity index (χ0n) is 9.17. The Morgan fingerprint density at radius 2 is 2.18 bits per heavy atom. The molecule has 0 spiro atoms. The number of nitrogen functional groups attached to an aromatic ring is 1. The van der Waals surface area contributed by atoms with Gasteiger partial charge in [-0.2, -0.15) is 0 Å². The highest BCUT2D eigenvalue weighted by atomic mass is 35.5. The van der Waals surface area contributed by atoms with Crippen molar-refractivity contribution in [1.82, 2.24) is 4.98 Å². The topological polar surface area (TPSA) is 50.9 Å². The van der Waals surface area contributed by atoms with E-state index in [0.29, 0.717) is 11.5 Å². The van der Waals surface area contributed by atoms with Gasteiger partial charge in [0, 0.05) is 18.0 Å². The number of pyridine rings is 1. The van der Waals surface area contributed by atoms with Gasteiger partial charge in [0.15, 0.2) is 5.82 Å². The van der Waals surface area contributed by atoms with E-state index in [0.717, 1.165) is 5.56 Å². The zero-order valence-corrected chi connectivity index (χ0v) is 9.92. The molecule has 17 heavy (non-hydrogen) atoms. The number of nitrogens with zero attached hydrogens (tertiary/aromatic N) is 1. The molecule has 0 fully saturated rings. The summed E-state index contributed by atoms with van der Waals surface area (Å²) in [6.07, 6.45) is 1.63. The van der Waals surface area contributed by atoms with Gasteiger partial charge in [-0.05, 0) is 24.6 Å². The number of hydrogen-bond donors (Lipinski definition) is 2. The SMILES string of the molecule is Cc1cnc(Nc2cccc(Cl)c2F)cc1N. The molecule has 0 radical (unpaired) electrons. The van der Waals surface area contributed by atoms with E-state index in [9.17, 15) is 4.39 Å². The summed E-state index contributed by atoms with van der Waals surface area (Å²) in [7, 11) is 0. The third kappa shape index (κ3) is 2.47. The van der Waals surface area contributed by atoms with Gasteiger partial charge in [0.05, 0.1) is 10.7 Å². The van der Waals surface area contributed by atoms with Crippen LogP contribution in [-0.4, -0.2) is 4.98 Å². The van der Waals surface area contributed by atoms with Crippen LogP contribution in [0.2, 0.25) is 5.02 Å². The van der Waals surface area contributed by atoms with E-state index in [1.165, 1.54) is 6.07 Å². The highest BCUT2D eigenvalue weighted by Gasteiger charge is 2.07. The lowest BCUT2D eigenvalue weighted by atomic mass is 10.2. The molecular weight excluding hydrogens is 241 g/mol. The van der Waals surface area contributed by atoms with Crippen molar-refractivity contribution in [3.63, 3.8) is 0 Å². The lowest BCUT2D eigenvalue weighted by molar-refractivity contribution is 0.632. The summed E-state index contributed by atoms with van der Waals surface area (Å²) in [5.74, 6) is -0.0237. The zero-order chi connectivity index (χ0) is 12.4. The molecule has 88 valence electrons. The maximum absolute atomic E-state index is 13.6. The van der Waals surface area contributed by atoms with E-state index >= 15 is 0 Å². The van der Waals surface area contributed by atoms with Crippen LogP contribution in [0.5, 0.6) is 0 Å². The smallest absolute Gasteiger partial charge is 0.165 e. The Hall–Kier alpha value is -1.81. The molecule has 0 aliphatic carbocycles. The molecule has 1 aromatic heterocycles. The van der Waals surface area contributed by atoms with Gasteiger partial charge in [0.25, 0.3) is 0 Å². The maximum atomic E-state index is 13.6. The molecule has 3 nitrogen and oxygen atoms in total. The van der Waals surface area contributed by atoms with Crippen molar-refractivity contribution in [3.05, 3.63) is 46.9 Å². The van der Waals surface area contributed by atoms with Gasteiger partial charge in [-0.1, -0.05) is 17.7 Å². The van der Waals surface area contributed by atoms with Crippen molar-refractivity contribution < 1.29 is 4.39 Å². The third-order valence-electron chi connectivity index (χ3n) is 2.36. The summed E-state index contributed by atoms with van der Waals surface area (Å²) in [6.45, 7) is 1.85. The first kappa shape index (κ1) is 11.7. The molecule has 0 unspecified atom stereocenters. The fourth-order valence-corrected chi connectivity index (χ4v) is 1.52. The van der Waals surface area contributed by atoms with E-state index in [1.807, 2.05) is 6.92 Å². The van der Waals surface area contributed by atoms with Crippen LogP contribution < -0.4 is 11.1 Å². The Bertz CT molecular complexity index is 557. The summed E-state index contributed by atoms with van der Waals surface area (Å²) >= 11 is 5.68. The number of aryl methyl sites for hydroxylation is 1.